The van der Waals surface area contributed by atoms with Crippen molar-refractivity contribution in [3.8, 4) is 0 Å². The summed E-state index contributed by atoms with van der Waals surface area (Å²) in [5.41, 5.74) is 6.79. The first-order valence-corrected chi connectivity index (χ1v) is 8.66. The maximum absolute atomic E-state index is 12.9. The molecule has 1 aromatic carbocycles. The van der Waals surface area contributed by atoms with E-state index in [1.807, 2.05) is 6.92 Å². The van der Waals surface area contributed by atoms with Crippen LogP contribution in [-0.2, 0) is 14.8 Å². The Morgan fingerprint density at radius 2 is 2.09 bits per heavy atom. The van der Waals surface area contributed by atoms with Crippen molar-refractivity contribution in [3.05, 3.63) is 29.3 Å². The number of sulfonamides is 1. The largest absolute Gasteiger partial charge is 0.465 e. The van der Waals surface area contributed by atoms with E-state index in [4.69, 9.17) is 5.73 Å². The van der Waals surface area contributed by atoms with Gasteiger partial charge in [0, 0.05) is 19.1 Å². The number of piperidine rings is 1. The summed E-state index contributed by atoms with van der Waals surface area (Å²) in [4.78, 5) is 11.8. The molecule has 7 heteroatoms. The molecular formula is C15H22N2O4S. The molecule has 0 saturated carbocycles. The van der Waals surface area contributed by atoms with Crippen LogP contribution in [0.3, 0.4) is 0 Å². The lowest BCUT2D eigenvalue weighted by Crippen LogP contribution is -2.48. The molecule has 122 valence electrons. The number of esters is 1. The summed E-state index contributed by atoms with van der Waals surface area (Å²) < 4.78 is 31.8. The maximum Gasteiger partial charge on any atom is 0.337 e. The minimum Gasteiger partial charge on any atom is -0.465 e. The van der Waals surface area contributed by atoms with Gasteiger partial charge < -0.3 is 10.5 Å². The standard InChI is InChI=1S/C15H22N2O4S/c1-10-4-5-12(15(18)21-3)8-14(10)22(19,20)17-7-6-13(16)11(2)9-17/h4-5,8,11,13H,6-7,9,16H2,1-3H3. The lowest BCUT2D eigenvalue weighted by atomic mass is 9.96. The summed E-state index contributed by atoms with van der Waals surface area (Å²) in [6.45, 7) is 4.46. The molecule has 0 aromatic heterocycles. The highest BCUT2D eigenvalue weighted by atomic mass is 32.2. The number of nitrogens with zero attached hydrogens (tertiary/aromatic N) is 1. The molecule has 2 N–H and O–H groups in total. The average molecular weight is 326 g/mol. The number of ether oxygens (including phenoxy) is 1. The van der Waals surface area contributed by atoms with Crippen LogP contribution in [0.1, 0.15) is 29.3 Å². The van der Waals surface area contributed by atoms with Gasteiger partial charge in [0.05, 0.1) is 17.6 Å². The van der Waals surface area contributed by atoms with Crippen LogP contribution < -0.4 is 5.73 Å². The second-order valence-corrected chi connectivity index (χ2v) is 7.67. The molecular weight excluding hydrogens is 304 g/mol. The minimum atomic E-state index is -3.64. The summed E-state index contributed by atoms with van der Waals surface area (Å²) in [5, 5.41) is 0. The molecule has 1 heterocycles. The maximum atomic E-state index is 12.9. The van der Waals surface area contributed by atoms with Gasteiger partial charge in [0.1, 0.15) is 0 Å². The number of methoxy groups -OCH3 is 1. The number of nitrogens with two attached hydrogens (primary N) is 1. The van der Waals surface area contributed by atoms with Gasteiger partial charge in [0.25, 0.3) is 0 Å². The fraction of sp³-hybridized carbons (Fsp3) is 0.533. The zero-order valence-electron chi connectivity index (χ0n) is 13.1. The van der Waals surface area contributed by atoms with Crippen LogP contribution in [0.4, 0.5) is 0 Å². The third-order valence-electron chi connectivity index (χ3n) is 4.16. The molecule has 1 aliphatic heterocycles. The molecule has 22 heavy (non-hydrogen) atoms. The Hall–Kier alpha value is -1.44. The third-order valence-corrected chi connectivity index (χ3v) is 6.17. The molecule has 1 aromatic rings. The van der Waals surface area contributed by atoms with Gasteiger partial charge in [-0.3, -0.25) is 0 Å². The van der Waals surface area contributed by atoms with Crippen molar-refractivity contribution in [3.63, 3.8) is 0 Å². The van der Waals surface area contributed by atoms with E-state index in [-0.39, 0.29) is 22.4 Å². The molecule has 0 bridgehead atoms. The van der Waals surface area contributed by atoms with Gasteiger partial charge in [0.15, 0.2) is 0 Å². The van der Waals surface area contributed by atoms with E-state index < -0.39 is 16.0 Å². The van der Waals surface area contributed by atoms with E-state index in [9.17, 15) is 13.2 Å². The molecule has 2 unspecified atom stereocenters. The van der Waals surface area contributed by atoms with E-state index >= 15 is 0 Å². The number of hydrogen-bond donors (Lipinski definition) is 1. The Balaban J connectivity index is 2.39. The second kappa shape index (κ2) is 6.36. The molecule has 1 fully saturated rings. The van der Waals surface area contributed by atoms with Crippen LogP contribution in [0, 0.1) is 12.8 Å². The Labute approximate surface area is 131 Å². The number of aryl methyl sites for hydroxylation is 1. The lowest BCUT2D eigenvalue weighted by molar-refractivity contribution is 0.0600. The Morgan fingerprint density at radius 3 is 2.68 bits per heavy atom. The van der Waals surface area contributed by atoms with Crippen LogP contribution in [-0.4, -0.2) is 44.9 Å². The molecule has 0 aliphatic carbocycles. The van der Waals surface area contributed by atoms with Crippen molar-refractivity contribution in [1.82, 2.24) is 4.31 Å². The number of hydrogen-bond acceptors (Lipinski definition) is 5. The van der Waals surface area contributed by atoms with Gasteiger partial charge in [-0.2, -0.15) is 4.31 Å². The first kappa shape index (κ1) is 16.9. The number of carbonyl (C=O) groups excluding carboxylic acids is 1. The fourth-order valence-electron chi connectivity index (χ4n) is 2.61. The van der Waals surface area contributed by atoms with E-state index in [1.165, 1.54) is 17.5 Å². The zero-order valence-corrected chi connectivity index (χ0v) is 13.9. The van der Waals surface area contributed by atoms with Crippen molar-refractivity contribution in [1.29, 1.82) is 0 Å². The minimum absolute atomic E-state index is 0.0222. The van der Waals surface area contributed by atoms with Crippen molar-refractivity contribution >= 4 is 16.0 Å². The Kier molecular flexibility index (Phi) is 4.89. The van der Waals surface area contributed by atoms with Crippen molar-refractivity contribution < 1.29 is 17.9 Å². The zero-order chi connectivity index (χ0) is 16.5. The normalized spacial score (nSPS) is 23.3. The Bertz CT molecular complexity index is 672. The van der Waals surface area contributed by atoms with Crippen LogP contribution in [0.25, 0.3) is 0 Å². The van der Waals surface area contributed by atoms with Crippen LogP contribution in [0.2, 0.25) is 0 Å². The van der Waals surface area contributed by atoms with Gasteiger partial charge in [0.2, 0.25) is 10.0 Å². The quantitative estimate of drug-likeness (QED) is 0.841. The summed E-state index contributed by atoms with van der Waals surface area (Å²) in [6, 6.07) is 4.59. The van der Waals surface area contributed by atoms with Crippen molar-refractivity contribution in [2.24, 2.45) is 11.7 Å². The topological polar surface area (TPSA) is 89.7 Å². The predicted molar refractivity (Wildman–Crippen MR) is 83.0 cm³/mol. The first-order valence-electron chi connectivity index (χ1n) is 7.22. The van der Waals surface area contributed by atoms with E-state index in [0.29, 0.717) is 25.1 Å². The van der Waals surface area contributed by atoms with Gasteiger partial charge in [-0.05, 0) is 37.0 Å². The highest BCUT2D eigenvalue weighted by Gasteiger charge is 2.33. The molecule has 1 saturated heterocycles. The summed E-state index contributed by atoms with van der Waals surface area (Å²) in [6.07, 6.45) is 0.635. The van der Waals surface area contributed by atoms with Gasteiger partial charge in [-0.15, -0.1) is 0 Å². The summed E-state index contributed by atoms with van der Waals surface area (Å²) >= 11 is 0. The molecule has 2 rings (SSSR count). The van der Waals surface area contributed by atoms with E-state index in [2.05, 4.69) is 4.74 Å². The Morgan fingerprint density at radius 1 is 1.41 bits per heavy atom. The van der Waals surface area contributed by atoms with Gasteiger partial charge in [-0.25, -0.2) is 13.2 Å². The average Bonchev–Trinajstić information content (AvgIpc) is 2.49. The fourth-order valence-corrected chi connectivity index (χ4v) is 4.41. The SMILES string of the molecule is COC(=O)c1ccc(C)c(S(=O)(=O)N2CCC(N)C(C)C2)c1. The molecule has 0 spiro atoms. The third kappa shape index (κ3) is 3.16. The smallest absolute Gasteiger partial charge is 0.337 e. The van der Waals surface area contributed by atoms with Crippen LogP contribution in [0.5, 0.6) is 0 Å². The monoisotopic (exact) mass is 326 g/mol. The summed E-state index contributed by atoms with van der Waals surface area (Å²) in [5.74, 6) is -0.446. The van der Waals surface area contributed by atoms with Crippen LogP contribution >= 0.6 is 0 Å². The molecule has 1 aliphatic rings. The lowest BCUT2D eigenvalue weighted by Gasteiger charge is -2.34. The number of benzene rings is 1. The summed E-state index contributed by atoms with van der Waals surface area (Å²) in [7, 11) is -2.38. The van der Waals surface area contributed by atoms with Crippen LogP contribution in [0.15, 0.2) is 23.1 Å². The van der Waals surface area contributed by atoms with Crippen molar-refractivity contribution in [2.75, 3.05) is 20.2 Å². The highest BCUT2D eigenvalue weighted by molar-refractivity contribution is 7.89. The van der Waals surface area contributed by atoms with Gasteiger partial charge >= 0.3 is 5.97 Å². The molecule has 0 radical (unpaired) electrons. The van der Waals surface area contributed by atoms with E-state index in [1.54, 1.807) is 19.1 Å². The number of rotatable bonds is 3. The molecule has 2 atom stereocenters. The van der Waals surface area contributed by atoms with Crippen molar-refractivity contribution in [2.45, 2.75) is 31.2 Å². The predicted octanol–water partition coefficient (Wildman–Crippen LogP) is 1.14. The number of carbonyl (C=O) groups is 1. The molecule has 0 amide bonds. The second-order valence-electron chi connectivity index (χ2n) is 5.76. The first-order chi connectivity index (χ1) is 10.3. The van der Waals surface area contributed by atoms with E-state index in [0.717, 1.165) is 0 Å². The molecule has 6 nitrogen and oxygen atoms in total. The van der Waals surface area contributed by atoms with Gasteiger partial charge in [-0.1, -0.05) is 13.0 Å². The highest BCUT2D eigenvalue weighted by Crippen LogP contribution is 2.26.